The van der Waals surface area contributed by atoms with Crippen LogP contribution in [0.4, 0.5) is 15.3 Å². The second kappa shape index (κ2) is 46.2. The number of anilines is 1. The Morgan fingerprint density at radius 3 is 1.27 bits per heavy atom. The molecule has 3 aromatic carbocycles. The van der Waals surface area contributed by atoms with E-state index in [0.29, 0.717) is 28.5 Å². The van der Waals surface area contributed by atoms with E-state index in [0.717, 1.165) is 86.7 Å². The maximum Gasteiger partial charge on any atom is 0.412 e. The number of piperidine rings is 2. The molecule has 0 radical (unpaired) electrons. The van der Waals surface area contributed by atoms with Crippen LogP contribution in [0.25, 0.3) is 0 Å². The third-order valence-corrected chi connectivity index (χ3v) is 24.4. The molecule has 5 aromatic rings. The van der Waals surface area contributed by atoms with Crippen LogP contribution in [-0.4, -0.2) is 196 Å². The number of aliphatic carboxylic acids is 2. The quantitative estimate of drug-likeness (QED) is 0.0244. The summed E-state index contributed by atoms with van der Waals surface area (Å²) in [5.74, 6) is -5.37. The number of carboxylic acids is 2. The van der Waals surface area contributed by atoms with Crippen LogP contribution in [0.15, 0.2) is 89.6 Å². The summed E-state index contributed by atoms with van der Waals surface area (Å²) in [7, 11) is 10.6. The number of para-hydroxylation sites is 1. The van der Waals surface area contributed by atoms with Gasteiger partial charge < -0.3 is 45.0 Å². The van der Waals surface area contributed by atoms with Crippen molar-refractivity contribution in [2.45, 2.75) is 242 Å². The maximum absolute atomic E-state index is 14.5. The molecule has 0 spiro atoms. The predicted molar refractivity (Wildman–Crippen MR) is 446 cm³/mol. The number of nitrogens with one attached hydrogen (secondary N) is 3. The summed E-state index contributed by atoms with van der Waals surface area (Å²) in [5.41, 5.74) is 4.91. The molecule has 2 aliphatic heterocycles. The third-order valence-electron chi connectivity index (χ3n) is 22.5. The van der Waals surface area contributed by atoms with Gasteiger partial charge in [-0.05, 0) is 139 Å². The molecule has 0 bridgehead atoms. The Labute approximate surface area is 679 Å². The zero-order valence-corrected chi connectivity index (χ0v) is 71.0. The van der Waals surface area contributed by atoms with Crippen LogP contribution in [0.3, 0.4) is 0 Å². The van der Waals surface area contributed by atoms with Gasteiger partial charge in [0.05, 0.1) is 23.9 Å². The van der Waals surface area contributed by atoms with Crippen LogP contribution >= 0.6 is 22.7 Å². The lowest BCUT2D eigenvalue weighted by Gasteiger charge is -2.37. The molecule has 7 rings (SSSR count). The van der Waals surface area contributed by atoms with Gasteiger partial charge in [-0.3, -0.25) is 53.5 Å². The van der Waals surface area contributed by atoms with Crippen LogP contribution in [0.1, 0.15) is 232 Å². The summed E-state index contributed by atoms with van der Waals surface area (Å²) in [6.45, 7) is 25.1. The number of carbonyl (C=O) groups excluding carboxylic acids is 8. The van der Waals surface area contributed by atoms with Crippen LogP contribution in [-0.2, 0) is 51.1 Å². The number of aryl methyl sites for hydroxylation is 2. The average Bonchev–Trinajstić information content (AvgIpc) is 1.78. The fraction of sp³-hybridized carbons (Fsp3) is 0.609. The molecule has 24 nitrogen and oxygen atoms in total. The Bertz CT molecular complexity index is 3870. The first-order valence-corrected chi connectivity index (χ1v) is 41.8. The number of Topliss-reactive ketones (excluding diaryl/α,β-unsaturated/α-hetero) is 2. The van der Waals surface area contributed by atoms with Gasteiger partial charge in [0, 0.05) is 106 Å². The van der Waals surface area contributed by atoms with Gasteiger partial charge in [-0.15, -0.1) is 22.7 Å². The number of amides is 6. The second-order valence-corrected chi connectivity index (χ2v) is 34.0. The summed E-state index contributed by atoms with van der Waals surface area (Å²) >= 11 is 2.36. The first-order valence-electron chi connectivity index (χ1n) is 40.0. The Morgan fingerprint density at radius 1 is 0.540 bits per heavy atom. The van der Waals surface area contributed by atoms with E-state index in [-0.39, 0.29) is 123 Å². The fourth-order valence-corrected chi connectivity index (χ4v) is 16.5. The number of rotatable bonds is 39. The fourth-order valence-electron chi connectivity index (χ4n) is 14.8. The first-order chi connectivity index (χ1) is 53.0. The summed E-state index contributed by atoms with van der Waals surface area (Å²) in [4.78, 5) is 152. The molecular formula is C87H130N10O14S2. The number of nitrogens with zero attached hydrogens (tertiary/aromatic N) is 7. The van der Waals surface area contributed by atoms with E-state index in [4.69, 9.17) is 9.47 Å². The van der Waals surface area contributed by atoms with E-state index < -0.39 is 89.9 Å². The lowest BCUT2D eigenvalue weighted by atomic mass is 9.83. The number of benzene rings is 3. The molecular weight excluding hydrogens is 1470 g/mol. The molecule has 113 heavy (non-hydrogen) atoms. The average molecular weight is 1600 g/mol. The van der Waals surface area contributed by atoms with Gasteiger partial charge in [-0.2, -0.15) is 0 Å². The van der Waals surface area contributed by atoms with Crippen LogP contribution < -0.4 is 16.0 Å². The SMILES string of the molecule is C.CC[C@H](C)[C@H](CC(=O)[C@H]1CCCCN1C)C(=O)N(C)[C@H](C[C@@H](OC(=O)N(C)C)c1nc(C(=O)N[C@@H](Cc2ccc(C)cc2)C[C@H](C)C(=O)O)cs1)C(C)C.CC[C@H](C)[C@H](CC(=O)[C@H]1CCCCN1C)C(=O)N(C)[C@H](C[C@@H](OC(=O)Nc1ccccc1)c1nc(C(=O)N[C@@H](Cc2ccc(C)cc2)C[C@H](C)C(=O)O)cs1)C(C)C. The summed E-state index contributed by atoms with van der Waals surface area (Å²) in [5, 5.41) is 32.0. The van der Waals surface area contributed by atoms with Crippen molar-refractivity contribution in [3.8, 4) is 0 Å². The zero-order valence-electron chi connectivity index (χ0n) is 69.4. The Balaban J connectivity index is 0.000000401. The molecule has 4 heterocycles. The van der Waals surface area contributed by atoms with Crippen molar-refractivity contribution < 1.29 is 67.6 Å². The minimum Gasteiger partial charge on any atom is -0.481 e. The minimum atomic E-state index is -0.949. The lowest BCUT2D eigenvalue weighted by Crippen LogP contribution is -2.48. The normalized spacial score (nSPS) is 17.7. The van der Waals surface area contributed by atoms with E-state index in [1.54, 1.807) is 86.9 Å². The Hall–Kier alpha value is -8.46. The Kier molecular flexibility index (Phi) is 38.9. The van der Waals surface area contributed by atoms with Crippen LogP contribution in [0.2, 0.25) is 0 Å². The molecule has 0 saturated carbocycles. The van der Waals surface area contributed by atoms with Gasteiger partial charge in [0.25, 0.3) is 11.8 Å². The van der Waals surface area contributed by atoms with E-state index in [1.807, 2.05) is 138 Å². The van der Waals surface area contributed by atoms with Crippen molar-refractivity contribution in [1.82, 2.24) is 45.1 Å². The van der Waals surface area contributed by atoms with Crippen molar-refractivity contribution in [3.05, 3.63) is 133 Å². The monoisotopic (exact) mass is 1600 g/mol. The van der Waals surface area contributed by atoms with Gasteiger partial charge in [-0.25, -0.2) is 19.6 Å². The predicted octanol–water partition coefficient (Wildman–Crippen LogP) is 15.4. The van der Waals surface area contributed by atoms with Gasteiger partial charge in [0.1, 0.15) is 21.4 Å². The summed E-state index contributed by atoms with van der Waals surface area (Å²) < 4.78 is 12.1. The first kappa shape index (κ1) is 95.1. The number of thiazole rings is 2. The molecule has 6 amide bonds. The minimum absolute atomic E-state index is 0. The van der Waals surface area contributed by atoms with Crippen LogP contribution in [0, 0.1) is 61.2 Å². The van der Waals surface area contributed by atoms with E-state index in [2.05, 4.69) is 35.7 Å². The van der Waals surface area contributed by atoms with Crippen molar-refractivity contribution in [3.63, 3.8) is 0 Å². The molecule has 14 atom stereocenters. The number of hydrogen-bond donors (Lipinski definition) is 5. The maximum atomic E-state index is 14.5. The standard InChI is InChI=1S/C45H63N5O7S.C41H63N5O7S.CH4/c1-9-30(5)35(25-39(51)37-17-13-14-22-49(37)7)43(53)50(8)38(28(2)3)26-40(57-45(56)47-33-15-11-10-12-16-33)42-48-36(27-58-42)41(52)46-34(23-31(6)44(54)55)24-32-20-18-29(4)19-21-32;1-11-27(5)31(22-35(47)33-14-12-13-19-45(33)9)39(49)46(10)34(25(2)3)23-36(53-41(52)44(7)8)38-43-32(24-54-38)37(48)42-30(20-28(6)40(50)51)21-29-17-15-26(4)16-18-29;/h10-12,15-16,18-21,27-28,30-31,34-35,37-38,40H,9,13-14,17,22-26H2,1-8H3,(H,46,52)(H,47,56)(H,54,55);15-18,24-25,27-28,30-31,33-34,36H,11-14,19-23H2,1-10H3,(H,42,48)(H,50,51);1H4/t30-,31-,34+,35-,37+,38+,40+;27-,28-,30+,31-,33+,34+,36+;/m00./s1. The van der Waals surface area contributed by atoms with Crippen LogP contribution in [0.5, 0.6) is 0 Å². The molecule has 0 unspecified atom stereocenters. The topological polar surface area (TPSA) is 308 Å². The lowest BCUT2D eigenvalue weighted by molar-refractivity contribution is -0.143. The third kappa shape index (κ3) is 29.1. The van der Waals surface area contributed by atoms with E-state index in [1.165, 1.54) is 27.6 Å². The second-order valence-electron chi connectivity index (χ2n) is 32.3. The zero-order chi connectivity index (χ0) is 82.8. The molecule has 2 aromatic heterocycles. The summed E-state index contributed by atoms with van der Waals surface area (Å²) in [6.07, 6.45) is 6.20. The number of carboxylic acid groups (broad SMARTS) is 2. The molecule has 0 aliphatic carbocycles. The highest BCUT2D eigenvalue weighted by atomic mass is 32.1. The van der Waals surface area contributed by atoms with Crippen molar-refractivity contribution in [1.29, 1.82) is 0 Å². The molecule has 2 aliphatic rings. The highest BCUT2D eigenvalue weighted by molar-refractivity contribution is 7.10. The van der Waals surface area contributed by atoms with Gasteiger partial charge >= 0.3 is 24.1 Å². The number of likely N-dealkylation sites (N-methyl/N-ethyl adjacent to an activating group) is 2. The van der Waals surface area contributed by atoms with Gasteiger partial charge in [0.15, 0.2) is 23.8 Å². The number of hydrogen-bond acceptors (Lipinski definition) is 18. The molecule has 2 fully saturated rings. The van der Waals surface area contributed by atoms with Crippen molar-refractivity contribution in [2.75, 3.05) is 60.7 Å². The van der Waals surface area contributed by atoms with Gasteiger partial charge in [-0.1, -0.05) is 180 Å². The number of ketones is 2. The largest absolute Gasteiger partial charge is 0.481 e. The van der Waals surface area contributed by atoms with Crippen molar-refractivity contribution >= 4 is 87.7 Å². The van der Waals surface area contributed by atoms with Crippen molar-refractivity contribution in [2.24, 2.45) is 47.3 Å². The van der Waals surface area contributed by atoms with E-state index in [9.17, 15) is 58.2 Å². The summed E-state index contributed by atoms with van der Waals surface area (Å²) in [6, 6.07) is 22.6. The number of likely N-dealkylation sites (tertiary alicyclic amines) is 2. The number of aromatic nitrogens is 2. The highest BCUT2D eigenvalue weighted by Gasteiger charge is 2.41. The molecule has 26 heteroatoms. The number of carbonyl (C=O) groups is 10. The number of ether oxygens (including phenoxy) is 2. The smallest absolute Gasteiger partial charge is 0.412 e. The molecule has 5 N–H and O–H groups in total. The molecule has 624 valence electrons. The van der Waals surface area contributed by atoms with Gasteiger partial charge in [0.2, 0.25) is 11.8 Å². The Morgan fingerprint density at radius 2 is 0.920 bits per heavy atom. The molecule has 2 saturated heterocycles. The highest BCUT2D eigenvalue weighted by Crippen LogP contribution is 2.37. The van der Waals surface area contributed by atoms with E-state index >= 15 is 0 Å².